The van der Waals surface area contributed by atoms with Gasteiger partial charge in [-0.15, -0.1) is 0 Å². The first kappa shape index (κ1) is 14.4. The lowest BCUT2D eigenvalue weighted by Crippen LogP contribution is -2.04. The van der Waals surface area contributed by atoms with Gasteiger partial charge in [0, 0.05) is 23.5 Å². The van der Waals surface area contributed by atoms with Crippen LogP contribution < -0.4 is 9.47 Å². The molecule has 0 unspecified atom stereocenters. The first-order valence-corrected chi connectivity index (χ1v) is 7.26. The van der Waals surface area contributed by atoms with Gasteiger partial charge in [-0.2, -0.15) is 0 Å². The maximum atomic E-state index is 13.4. The lowest BCUT2D eigenvalue weighted by atomic mass is 10.2. The molecular weight excluding hydrogens is 281 g/mol. The number of aromatic nitrogens is 1. The van der Waals surface area contributed by atoms with Crippen LogP contribution in [0.3, 0.4) is 0 Å². The predicted octanol–water partition coefficient (Wildman–Crippen LogP) is 4.39. The van der Waals surface area contributed by atoms with E-state index in [0.29, 0.717) is 6.61 Å². The van der Waals surface area contributed by atoms with Gasteiger partial charge in [0.1, 0.15) is 23.9 Å². The molecule has 3 nitrogen and oxygen atoms in total. The molecule has 0 radical (unpaired) electrons. The Bertz CT molecular complexity index is 795. The molecule has 0 saturated heterocycles. The topological polar surface area (TPSA) is 23.4 Å². The normalized spacial score (nSPS) is 10.9. The lowest BCUT2D eigenvalue weighted by molar-refractivity contribution is 0.294. The minimum absolute atomic E-state index is 0.221. The Morgan fingerprint density at radius 3 is 2.64 bits per heavy atom. The third-order valence-electron chi connectivity index (χ3n) is 3.69. The highest BCUT2D eigenvalue weighted by Gasteiger charge is 2.09. The average molecular weight is 299 g/mol. The highest BCUT2D eigenvalue weighted by Crippen LogP contribution is 2.24. The minimum atomic E-state index is -0.221. The number of benzene rings is 2. The summed E-state index contributed by atoms with van der Waals surface area (Å²) in [6.45, 7) is 3.31. The molecule has 1 aromatic heterocycles. The summed E-state index contributed by atoms with van der Waals surface area (Å²) < 4.78 is 26.5. The van der Waals surface area contributed by atoms with E-state index < -0.39 is 0 Å². The van der Waals surface area contributed by atoms with Gasteiger partial charge in [-0.1, -0.05) is 6.07 Å². The van der Waals surface area contributed by atoms with Gasteiger partial charge in [-0.25, -0.2) is 4.39 Å². The maximum absolute atomic E-state index is 13.4. The van der Waals surface area contributed by atoms with Crippen molar-refractivity contribution in [1.29, 1.82) is 0 Å². The van der Waals surface area contributed by atoms with Gasteiger partial charge in [0.2, 0.25) is 0 Å². The first-order chi connectivity index (χ1) is 10.7. The van der Waals surface area contributed by atoms with Crippen molar-refractivity contribution in [1.82, 2.24) is 4.57 Å². The highest BCUT2D eigenvalue weighted by molar-refractivity contribution is 5.81. The van der Waals surface area contributed by atoms with Crippen molar-refractivity contribution in [2.24, 2.45) is 0 Å². The molecule has 3 aromatic rings. The highest BCUT2D eigenvalue weighted by atomic mass is 19.1. The van der Waals surface area contributed by atoms with E-state index in [1.165, 1.54) is 6.07 Å². The standard InChI is InChI=1S/C18H18FNO2/c1-3-20-15(10-13-9-14(19)7-8-18(13)20)12-22-17-6-4-5-16(11-17)21-2/h4-11H,3,12H2,1-2H3. The Kier molecular flexibility index (Phi) is 4.00. The molecular formula is C18H18FNO2. The molecule has 0 bridgehead atoms. The number of hydrogen-bond acceptors (Lipinski definition) is 2. The van der Waals surface area contributed by atoms with Crippen LogP contribution in [0, 0.1) is 5.82 Å². The van der Waals surface area contributed by atoms with Gasteiger partial charge in [-0.05, 0) is 43.3 Å². The number of ether oxygens (including phenoxy) is 2. The Hall–Kier alpha value is -2.49. The van der Waals surface area contributed by atoms with E-state index in [1.807, 2.05) is 36.4 Å². The van der Waals surface area contributed by atoms with E-state index in [4.69, 9.17) is 9.47 Å². The van der Waals surface area contributed by atoms with Crippen LogP contribution in [-0.4, -0.2) is 11.7 Å². The van der Waals surface area contributed by atoms with Gasteiger partial charge in [0.25, 0.3) is 0 Å². The quantitative estimate of drug-likeness (QED) is 0.697. The van der Waals surface area contributed by atoms with E-state index in [0.717, 1.165) is 34.6 Å². The Morgan fingerprint density at radius 1 is 1.05 bits per heavy atom. The molecule has 3 rings (SSSR count). The summed E-state index contributed by atoms with van der Waals surface area (Å²) in [7, 11) is 1.63. The zero-order valence-electron chi connectivity index (χ0n) is 12.7. The van der Waals surface area contributed by atoms with Crippen molar-refractivity contribution in [2.75, 3.05) is 7.11 Å². The summed E-state index contributed by atoms with van der Waals surface area (Å²) in [6, 6.07) is 14.3. The van der Waals surface area contributed by atoms with Gasteiger partial charge in [-0.3, -0.25) is 0 Å². The number of rotatable bonds is 5. The molecule has 0 saturated carbocycles. The molecule has 0 aliphatic rings. The number of methoxy groups -OCH3 is 1. The van der Waals surface area contributed by atoms with Crippen molar-refractivity contribution < 1.29 is 13.9 Å². The summed E-state index contributed by atoms with van der Waals surface area (Å²) in [5.74, 6) is 1.29. The van der Waals surface area contributed by atoms with Crippen molar-refractivity contribution in [3.63, 3.8) is 0 Å². The third-order valence-corrected chi connectivity index (χ3v) is 3.69. The zero-order chi connectivity index (χ0) is 15.5. The number of halogens is 1. The zero-order valence-corrected chi connectivity index (χ0v) is 12.7. The van der Waals surface area contributed by atoms with E-state index in [1.54, 1.807) is 13.2 Å². The SMILES string of the molecule is CCn1c(COc2cccc(OC)c2)cc2cc(F)ccc21. The molecule has 0 atom stereocenters. The molecule has 0 amide bonds. The Balaban J connectivity index is 1.86. The van der Waals surface area contributed by atoms with Crippen molar-refractivity contribution in [2.45, 2.75) is 20.1 Å². The molecule has 0 N–H and O–H groups in total. The molecule has 0 spiro atoms. The molecule has 2 aromatic carbocycles. The summed E-state index contributed by atoms with van der Waals surface area (Å²) >= 11 is 0. The number of hydrogen-bond donors (Lipinski definition) is 0. The average Bonchev–Trinajstić information content (AvgIpc) is 2.89. The van der Waals surface area contributed by atoms with Crippen LogP contribution in [0.5, 0.6) is 11.5 Å². The molecule has 0 aliphatic heterocycles. The predicted molar refractivity (Wildman–Crippen MR) is 84.9 cm³/mol. The van der Waals surface area contributed by atoms with Crippen LogP contribution >= 0.6 is 0 Å². The van der Waals surface area contributed by atoms with Gasteiger partial charge >= 0.3 is 0 Å². The van der Waals surface area contributed by atoms with Crippen LogP contribution in [0.25, 0.3) is 10.9 Å². The van der Waals surface area contributed by atoms with E-state index >= 15 is 0 Å². The second-order valence-corrected chi connectivity index (χ2v) is 5.05. The van der Waals surface area contributed by atoms with Crippen LogP contribution in [-0.2, 0) is 13.2 Å². The fourth-order valence-electron chi connectivity index (χ4n) is 2.64. The fourth-order valence-corrected chi connectivity index (χ4v) is 2.64. The molecule has 22 heavy (non-hydrogen) atoms. The van der Waals surface area contributed by atoms with Crippen LogP contribution in [0.1, 0.15) is 12.6 Å². The molecule has 114 valence electrons. The number of aryl methyl sites for hydroxylation is 1. The monoisotopic (exact) mass is 299 g/mol. The van der Waals surface area contributed by atoms with E-state index in [-0.39, 0.29) is 5.82 Å². The Morgan fingerprint density at radius 2 is 1.86 bits per heavy atom. The molecule has 4 heteroatoms. The lowest BCUT2D eigenvalue weighted by Gasteiger charge is -2.10. The van der Waals surface area contributed by atoms with Crippen LogP contribution in [0.2, 0.25) is 0 Å². The van der Waals surface area contributed by atoms with Crippen molar-refractivity contribution in [3.05, 3.63) is 60.0 Å². The van der Waals surface area contributed by atoms with E-state index in [9.17, 15) is 4.39 Å². The smallest absolute Gasteiger partial charge is 0.128 e. The largest absolute Gasteiger partial charge is 0.497 e. The third kappa shape index (κ3) is 2.77. The second kappa shape index (κ2) is 6.10. The van der Waals surface area contributed by atoms with Gasteiger partial charge < -0.3 is 14.0 Å². The first-order valence-electron chi connectivity index (χ1n) is 7.26. The summed E-state index contributed by atoms with van der Waals surface area (Å²) in [5, 5.41) is 0.895. The minimum Gasteiger partial charge on any atom is -0.497 e. The number of nitrogens with zero attached hydrogens (tertiary/aromatic N) is 1. The molecule has 1 heterocycles. The Labute approximate surface area is 128 Å². The van der Waals surface area contributed by atoms with E-state index in [2.05, 4.69) is 11.5 Å². The van der Waals surface area contributed by atoms with Crippen LogP contribution in [0.15, 0.2) is 48.5 Å². The molecule has 0 aliphatic carbocycles. The number of fused-ring (bicyclic) bond motifs is 1. The summed E-state index contributed by atoms with van der Waals surface area (Å²) in [4.78, 5) is 0. The fraction of sp³-hybridized carbons (Fsp3) is 0.222. The van der Waals surface area contributed by atoms with Gasteiger partial charge in [0.05, 0.1) is 12.8 Å². The molecule has 0 fully saturated rings. The van der Waals surface area contributed by atoms with Crippen molar-refractivity contribution in [3.8, 4) is 11.5 Å². The van der Waals surface area contributed by atoms with Gasteiger partial charge in [0.15, 0.2) is 0 Å². The van der Waals surface area contributed by atoms with Crippen LogP contribution in [0.4, 0.5) is 4.39 Å². The second-order valence-electron chi connectivity index (χ2n) is 5.05. The maximum Gasteiger partial charge on any atom is 0.128 e. The van der Waals surface area contributed by atoms with Crippen molar-refractivity contribution >= 4 is 10.9 Å². The summed E-state index contributed by atoms with van der Waals surface area (Å²) in [5.41, 5.74) is 2.04. The summed E-state index contributed by atoms with van der Waals surface area (Å²) in [6.07, 6.45) is 0.